The van der Waals surface area contributed by atoms with E-state index in [2.05, 4.69) is 81.5 Å². The maximum Gasteiger partial charge on any atom is 0.306 e. The van der Waals surface area contributed by atoms with Gasteiger partial charge in [-0.25, -0.2) is 0 Å². The molecule has 0 aliphatic carbocycles. The van der Waals surface area contributed by atoms with Crippen LogP contribution in [0, 0.1) is 0 Å². The van der Waals surface area contributed by atoms with Crippen molar-refractivity contribution in [2.75, 3.05) is 13.2 Å². The maximum atomic E-state index is 12.8. The zero-order valence-electron chi connectivity index (χ0n) is 46.5. The Balaban J connectivity index is 4.21. The average molecular weight is 980 g/mol. The molecule has 1 unspecified atom stereocenters. The molecule has 0 aliphatic rings. The van der Waals surface area contributed by atoms with Gasteiger partial charge in [0.25, 0.3) is 0 Å². The van der Waals surface area contributed by atoms with Crippen molar-refractivity contribution in [2.45, 2.75) is 316 Å². The molecule has 0 amide bonds. The average Bonchev–Trinajstić information content (AvgIpc) is 3.36. The Bertz CT molecular complexity index is 1260. The van der Waals surface area contributed by atoms with Crippen molar-refractivity contribution < 1.29 is 28.6 Å². The Morgan fingerprint density at radius 1 is 0.286 bits per heavy atom. The number of carbonyl (C=O) groups is 3. The predicted molar refractivity (Wildman–Crippen MR) is 302 cm³/mol. The number of allylic oxidation sites excluding steroid dienone is 10. The molecule has 0 saturated heterocycles. The summed E-state index contributed by atoms with van der Waals surface area (Å²) in [6.07, 6.45) is 73.7. The number of ether oxygens (including phenoxy) is 3. The lowest BCUT2D eigenvalue weighted by molar-refractivity contribution is -0.167. The van der Waals surface area contributed by atoms with Crippen LogP contribution in [0.25, 0.3) is 0 Å². The van der Waals surface area contributed by atoms with Gasteiger partial charge in [-0.05, 0) is 103 Å². The first-order chi connectivity index (χ1) is 34.5. The summed E-state index contributed by atoms with van der Waals surface area (Å²) in [5.41, 5.74) is 0. The van der Waals surface area contributed by atoms with Crippen LogP contribution in [0.4, 0.5) is 0 Å². The van der Waals surface area contributed by atoms with Gasteiger partial charge in [-0.1, -0.05) is 248 Å². The van der Waals surface area contributed by atoms with Crippen molar-refractivity contribution in [3.63, 3.8) is 0 Å². The molecule has 0 aliphatic heterocycles. The van der Waals surface area contributed by atoms with E-state index in [0.29, 0.717) is 19.3 Å². The van der Waals surface area contributed by atoms with Crippen LogP contribution in [0.2, 0.25) is 0 Å². The molecular weight excluding hydrogens is 865 g/mol. The number of carbonyl (C=O) groups excluding carboxylic acids is 3. The summed E-state index contributed by atoms with van der Waals surface area (Å²) in [4.78, 5) is 38.1. The molecule has 0 aromatic rings. The minimum absolute atomic E-state index is 0.0797. The molecule has 0 N–H and O–H groups in total. The zero-order valence-corrected chi connectivity index (χ0v) is 46.5. The Labute approximate surface area is 434 Å². The van der Waals surface area contributed by atoms with E-state index >= 15 is 0 Å². The molecule has 0 bridgehead atoms. The molecule has 0 rings (SSSR count). The summed E-state index contributed by atoms with van der Waals surface area (Å²) in [6, 6.07) is 0. The zero-order chi connectivity index (χ0) is 50.7. The summed E-state index contributed by atoms with van der Waals surface area (Å²) in [5.74, 6) is -0.890. The van der Waals surface area contributed by atoms with Crippen LogP contribution in [0.1, 0.15) is 310 Å². The van der Waals surface area contributed by atoms with E-state index in [4.69, 9.17) is 14.2 Å². The normalized spacial score (nSPS) is 12.4. The molecule has 6 heteroatoms. The molecule has 406 valence electrons. The number of hydrogen-bond acceptors (Lipinski definition) is 6. The molecule has 0 aromatic carbocycles. The molecule has 0 aromatic heterocycles. The lowest BCUT2D eigenvalue weighted by Crippen LogP contribution is -2.30. The van der Waals surface area contributed by atoms with Gasteiger partial charge in [-0.15, -0.1) is 0 Å². The van der Waals surface area contributed by atoms with E-state index in [9.17, 15) is 14.4 Å². The lowest BCUT2D eigenvalue weighted by Gasteiger charge is -2.18. The van der Waals surface area contributed by atoms with Crippen LogP contribution in [0.3, 0.4) is 0 Å². The summed E-state index contributed by atoms with van der Waals surface area (Å²) in [7, 11) is 0. The third kappa shape index (κ3) is 56.0. The fourth-order valence-corrected chi connectivity index (χ4v) is 8.60. The standard InChI is InChI=1S/C64H114O6/c1-4-7-10-13-16-19-22-24-26-27-28-29-30-31-32-33-34-35-36-37-38-40-42-45-48-51-54-57-63(66)69-60-61(59-68-62(65)56-53-50-47-44-41-21-18-15-12-9-6-3)70-64(67)58-55-52-49-46-43-39-25-23-20-17-14-11-8-5-2/h15,18,22-25,27-28,30-31,61H,4-14,16-17,19-21,26,29,32-60H2,1-3H3/b18-15-,24-22-,25-23-,28-27-,31-30-. The van der Waals surface area contributed by atoms with E-state index < -0.39 is 6.10 Å². The summed E-state index contributed by atoms with van der Waals surface area (Å²) >= 11 is 0. The van der Waals surface area contributed by atoms with Gasteiger partial charge in [-0.2, -0.15) is 0 Å². The third-order valence-electron chi connectivity index (χ3n) is 13.2. The highest BCUT2D eigenvalue weighted by molar-refractivity contribution is 5.71. The number of unbranched alkanes of at least 4 members (excludes halogenated alkanes) is 34. The van der Waals surface area contributed by atoms with Crippen LogP contribution in [-0.2, 0) is 28.6 Å². The summed E-state index contributed by atoms with van der Waals surface area (Å²) in [6.45, 7) is 6.59. The smallest absolute Gasteiger partial charge is 0.306 e. The van der Waals surface area contributed by atoms with Crippen LogP contribution < -0.4 is 0 Å². The topological polar surface area (TPSA) is 78.9 Å². The van der Waals surface area contributed by atoms with Crippen molar-refractivity contribution in [3.8, 4) is 0 Å². The first kappa shape index (κ1) is 67.1. The molecule has 70 heavy (non-hydrogen) atoms. The van der Waals surface area contributed by atoms with Gasteiger partial charge in [0.05, 0.1) is 0 Å². The quantitative estimate of drug-likeness (QED) is 0.0261. The lowest BCUT2D eigenvalue weighted by atomic mass is 10.0. The molecule has 0 fully saturated rings. The van der Waals surface area contributed by atoms with Gasteiger partial charge in [0.2, 0.25) is 0 Å². The van der Waals surface area contributed by atoms with Gasteiger partial charge >= 0.3 is 17.9 Å². The van der Waals surface area contributed by atoms with Crippen LogP contribution in [-0.4, -0.2) is 37.2 Å². The van der Waals surface area contributed by atoms with Crippen LogP contribution in [0.5, 0.6) is 0 Å². The van der Waals surface area contributed by atoms with Crippen LogP contribution in [0.15, 0.2) is 60.8 Å². The largest absolute Gasteiger partial charge is 0.462 e. The molecular formula is C64H114O6. The monoisotopic (exact) mass is 979 g/mol. The predicted octanol–water partition coefficient (Wildman–Crippen LogP) is 20.4. The van der Waals surface area contributed by atoms with Gasteiger partial charge in [0.1, 0.15) is 13.2 Å². The highest BCUT2D eigenvalue weighted by Crippen LogP contribution is 2.16. The molecule has 0 radical (unpaired) electrons. The molecule has 1 atom stereocenters. The maximum absolute atomic E-state index is 12.8. The molecule has 0 heterocycles. The van der Waals surface area contributed by atoms with Crippen molar-refractivity contribution in [1.82, 2.24) is 0 Å². The van der Waals surface area contributed by atoms with Gasteiger partial charge < -0.3 is 14.2 Å². The van der Waals surface area contributed by atoms with Gasteiger partial charge in [-0.3, -0.25) is 14.4 Å². The van der Waals surface area contributed by atoms with Crippen molar-refractivity contribution >= 4 is 17.9 Å². The molecule has 6 nitrogen and oxygen atoms in total. The molecule has 0 spiro atoms. The fourth-order valence-electron chi connectivity index (χ4n) is 8.60. The highest BCUT2D eigenvalue weighted by Gasteiger charge is 2.19. The second-order valence-electron chi connectivity index (χ2n) is 20.2. The Hall–Kier alpha value is -2.89. The first-order valence-corrected chi connectivity index (χ1v) is 30.3. The van der Waals surface area contributed by atoms with Crippen molar-refractivity contribution in [2.24, 2.45) is 0 Å². The minimum atomic E-state index is -0.781. The van der Waals surface area contributed by atoms with Crippen molar-refractivity contribution in [3.05, 3.63) is 60.8 Å². The first-order valence-electron chi connectivity index (χ1n) is 30.3. The third-order valence-corrected chi connectivity index (χ3v) is 13.2. The van der Waals surface area contributed by atoms with E-state index in [1.54, 1.807) is 0 Å². The SMILES string of the molecule is CCCC/C=C\CCCCCCCC(=O)OCC(COC(=O)CCCCCCCCCCCCCC/C=C\C/C=C\C/C=C\CCCCCCC)OC(=O)CCCCCCC/C=C\CCCCCCC. The Kier molecular flexibility index (Phi) is 56.3. The second-order valence-corrected chi connectivity index (χ2v) is 20.2. The fraction of sp³-hybridized carbons (Fsp3) is 0.797. The van der Waals surface area contributed by atoms with E-state index in [1.807, 2.05) is 0 Å². The number of esters is 3. The Morgan fingerprint density at radius 3 is 0.857 bits per heavy atom. The number of rotatable bonds is 55. The van der Waals surface area contributed by atoms with Crippen LogP contribution >= 0.6 is 0 Å². The highest BCUT2D eigenvalue weighted by atomic mass is 16.6. The van der Waals surface area contributed by atoms with Gasteiger partial charge in [0.15, 0.2) is 6.10 Å². The minimum Gasteiger partial charge on any atom is -0.462 e. The van der Waals surface area contributed by atoms with Crippen molar-refractivity contribution in [1.29, 1.82) is 0 Å². The van der Waals surface area contributed by atoms with E-state index in [-0.39, 0.29) is 31.1 Å². The number of hydrogen-bond donors (Lipinski definition) is 0. The van der Waals surface area contributed by atoms with E-state index in [1.165, 1.54) is 180 Å². The van der Waals surface area contributed by atoms with Gasteiger partial charge in [0, 0.05) is 19.3 Å². The molecule has 0 saturated carbocycles. The van der Waals surface area contributed by atoms with E-state index in [0.717, 1.165) is 89.9 Å². The summed E-state index contributed by atoms with van der Waals surface area (Å²) in [5, 5.41) is 0. The Morgan fingerprint density at radius 2 is 0.529 bits per heavy atom. The second kappa shape index (κ2) is 58.7. The summed E-state index contributed by atoms with van der Waals surface area (Å²) < 4.78 is 16.8.